The van der Waals surface area contributed by atoms with E-state index in [9.17, 15) is 5.26 Å². The van der Waals surface area contributed by atoms with Gasteiger partial charge in [0.15, 0.2) is 0 Å². The molecule has 0 aliphatic rings. The highest BCUT2D eigenvalue weighted by molar-refractivity contribution is 5.72. The lowest BCUT2D eigenvalue weighted by Crippen LogP contribution is -2.00. The summed E-state index contributed by atoms with van der Waals surface area (Å²) < 4.78 is 2.06. The predicted molar refractivity (Wildman–Crippen MR) is 87.4 cm³/mol. The number of hydrogen-bond acceptors (Lipinski definition) is 3. The van der Waals surface area contributed by atoms with Crippen molar-refractivity contribution in [2.75, 3.05) is 0 Å². The fourth-order valence-corrected chi connectivity index (χ4v) is 2.59. The van der Waals surface area contributed by atoms with Gasteiger partial charge in [-0.05, 0) is 36.2 Å². The molecule has 23 heavy (non-hydrogen) atoms. The summed E-state index contributed by atoms with van der Waals surface area (Å²) in [5.41, 5.74) is 5.11. The van der Waals surface area contributed by atoms with Crippen LogP contribution in [0.4, 0.5) is 0 Å². The van der Waals surface area contributed by atoms with E-state index >= 15 is 0 Å². The molecule has 0 saturated heterocycles. The molecule has 3 rings (SSSR count). The Bertz CT molecular complexity index is 907. The molecule has 0 bridgehead atoms. The summed E-state index contributed by atoms with van der Waals surface area (Å²) >= 11 is 0. The Hall–Kier alpha value is -3.37. The maximum atomic E-state index is 9.51. The zero-order valence-electron chi connectivity index (χ0n) is 12.7. The van der Waals surface area contributed by atoms with Crippen LogP contribution in [0, 0.1) is 29.6 Å². The summed E-state index contributed by atoms with van der Waals surface area (Å²) in [6.07, 6.45) is 5.56. The summed E-state index contributed by atoms with van der Waals surface area (Å²) in [6.45, 7) is 2.62. The van der Waals surface area contributed by atoms with E-state index < -0.39 is 0 Å². The minimum Gasteiger partial charge on any atom is -0.345 e. The first-order valence-corrected chi connectivity index (χ1v) is 7.22. The molecular formula is C19H14N4. The molecule has 0 fully saturated rings. The van der Waals surface area contributed by atoms with Gasteiger partial charge in [-0.25, -0.2) is 0 Å². The van der Waals surface area contributed by atoms with Crippen molar-refractivity contribution < 1.29 is 0 Å². The molecule has 2 aromatic heterocycles. The van der Waals surface area contributed by atoms with E-state index in [2.05, 4.69) is 21.7 Å². The van der Waals surface area contributed by atoms with Crippen LogP contribution < -0.4 is 0 Å². The molecule has 0 unspecified atom stereocenters. The van der Waals surface area contributed by atoms with Crippen molar-refractivity contribution in [2.24, 2.45) is 0 Å². The Morgan fingerprint density at radius 3 is 2.48 bits per heavy atom. The van der Waals surface area contributed by atoms with Crippen molar-refractivity contribution in [1.29, 1.82) is 10.5 Å². The van der Waals surface area contributed by atoms with Gasteiger partial charge in [0.05, 0.1) is 17.2 Å². The Kier molecular flexibility index (Phi) is 3.91. The highest BCUT2D eigenvalue weighted by Gasteiger charge is 2.14. The fraction of sp³-hybridized carbons (Fsp3) is 0.105. The monoisotopic (exact) mass is 298 g/mol. The number of benzene rings is 1. The SMILES string of the molecule is Cc1c(C#N)c(-c2ccc(C#N)cc2)cn1Cc1cccnc1. The molecule has 4 nitrogen and oxygen atoms in total. The molecule has 3 aromatic rings. The lowest BCUT2D eigenvalue weighted by atomic mass is 10.0. The molecule has 0 radical (unpaired) electrons. The molecule has 1 aromatic carbocycles. The van der Waals surface area contributed by atoms with Crippen molar-refractivity contribution in [3.8, 4) is 23.3 Å². The molecule has 2 heterocycles. The Morgan fingerprint density at radius 1 is 1.09 bits per heavy atom. The Balaban J connectivity index is 2.03. The van der Waals surface area contributed by atoms with Gasteiger partial charge in [0.25, 0.3) is 0 Å². The number of aromatic nitrogens is 2. The van der Waals surface area contributed by atoms with Crippen molar-refractivity contribution >= 4 is 0 Å². The van der Waals surface area contributed by atoms with Gasteiger partial charge in [-0.1, -0.05) is 18.2 Å². The normalized spacial score (nSPS) is 10.0. The van der Waals surface area contributed by atoms with Crippen molar-refractivity contribution in [3.63, 3.8) is 0 Å². The molecule has 4 heteroatoms. The third-order valence-corrected chi connectivity index (χ3v) is 3.86. The van der Waals surface area contributed by atoms with Crippen molar-refractivity contribution in [1.82, 2.24) is 9.55 Å². The van der Waals surface area contributed by atoms with Crippen LogP contribution in [0.3, 0.4) is 0 Å². The summed E-state index contributed by atoms with van der Waals surface area (Å²) in [5.74, 6) is 0. The second kappa shape index (κ2) is 6.17. The van der Waals surface area contributed by atoms with Crippen LogP contribution >= 0.6 is 0 Å². The summed E-state index contributed by atoms with van der Waals surface area (Å²) in [7, 11) is 0. The first-order chi connectivity index (χ1) is 11.2. The van der Waals surface area contributed by atoms with E-state index in [1.807, 2.05) is 43.6 Å². The average Bonchev–Trinajstić information content (AvgIpc) is 2.92. The predicted octanol–water partition coefficient (Wildman–Crippen LogP) is 3.65. The van der Waals surface area contributed by atoms with Crippen LogP contribution in [0.1, 0.15) is 22.4 Å². The molecule has 0 saturated carbocycles. The van der Waals surface area contributed by atoms with Gasteiger partial charge in [-0.15, -0.1) is 0 Å². The van der Waals surface area contributed by atoms with Crippen molar-refractivity contribution in [2.45, 2.75) is 13.5 Å². The van der Waals surface area contributed by atoms with Gasteiger partial charge in [0.1, 0.15) is 6.07 Å². The maximum absolute atomic E-state index is 9.51. The van der Waals surface area contributed by atoms with Gasteiger partial charge in [0, 0.05) is 36.4 Å². The van der Waals surface area contributed by atoms with Gasteiger partial charge < -0.3 is 4.57 Å². The summed E-state index contributed by atoms with van der Waals surface area (Å²) in [6, 6.07) is 15.6. The quantitative estimate of drug-likeness (QED) is 0.741. The topological polar surface area (TPSA) is 65.4 Å². The van der Waals surface area contributed by atoms with E-state index in [0.29, 0.717) is 17.7 Å². The number of rotatable bonds is 3. The molecule has 0 aliphatic carbocycles. The highest BCUT2D eigenvalue weighted by Crippen LogP contribution is 2.28. The molecule has 0 atom stereocenters. The number of pyridine rings is 1. The zero-order valence-corrected chi connectivity index (χ0v) is 12.7. The van der Waals surface area contributed by atoms with Crippen LogP contribution in [0.25, 0.3) is 11.1 Å². The minimum atomic E-state index is 0.610. The third kappa shape index (κ3) is 2.84. The van der Waals surface area contributed by atoms with Gasteiger partial charge >= 0.3 is 0 Å². The van der Waals surface area contributed by atoms with Crippen LogP contribution in [0.2, 0.25) is 0 Å². The molecular weight excluding hydrogens is 284 g/mol. The van der Waals surface area contributed by atoms with Crippen LogP contribution in [-0.2, 0) is 6.54 Å². The Labute approximate surface area is 134 Å². The molecule has 110 valence electrons. The van der Waals surface area contributed by atoms with Gasteiger partial charge in [-0.2, -0.15) is 10.5 Å². The molecule has 0 spiro atoms. The second-order valence-electron chi connectivity index (χ2n) is 5.29. The number of nitrogens with zero attached hydrogens (tertiary/aromatic N) is 4. The van der Waals surface area contributed by atoms with Gasteiger partial charge in [-0.3, -0.25) is 4.98 Å². The lowest BCUT2D eigenvalue weighted by Gasteiger charge is -2.05. The molecule has 0 amide bonds. The van der Waals surface area contributed by atoms with Gasteiger partial charge in [0.2, 0.25) is 0 Å². The number of nitriles is 2. The number of hydrogen-bond donors (Lipinski definition) is 0. The summed E-state index contributed by atoms with van der Waals surface area (Å²) in [4.78, 5) is 4.13. The Morgan fingerprint density at radius 2 is 1.87 bits per heavy atom. The first kappa shape index (κ1) is 14.6. The first-order valence-electron chi connectivity index (χ1n) is 7.22. The molecule has 0 aliphatic heterocycles. The minimum absolute atomic E-state index is 0.610. The fourth-order valence-electron chi connectivity index (χ4n) is 2.59. The highest BCUT2D eigenvalue weighted by atomic mass is 15.0. The van der Waals surface area contributed by atoms with E-state index in [1.54, 1.807) is 18.3 Å². The smallest absolute Gasteiger partial charge is 0.102 e. The zero-order chi connectivity index (χ0) is 16.2. The second-order valence-corrected chi connectivity index (χ2v) is 5.29. The average molecular weight is 298 g/mol. The van der Waals surface area contributed by atoms with E-state index in [-0.39, 0.29) is 0 Å². The summed E-state index contributed by atoms with van der Waals surface area (Å²) in [5, 5.41) is 18.4. The third-order valence-electron chi connectivity index (χ3n) is 3.86. The van der Waals surface area contributed by atoms with Crippen molar-refractivity contribution in [3.05, 3.63) is 77.4 Å². The maximum Gasteiger partial charge on any atom is 0.102 e. The molecule has 0 N–H and O–H groups in total. The lowest BCUT2D eigenvalue weighted by molar-refractivity contribution is 0.772. The standard InChI is InChI=1S/C19H14N4/c1-14-18(10-21)19(17-6-4-15(9-20)5-7-17)13-23(14)12-16-3-2-8-22-11-16/h2-8,11,13H,12H2,1H3. The largest absolute Gasteiger partial charge is 0.345 e. The van der Waals surface area contributed by atoms with E-state index in [4.69, 9.17) is 5.26 Å². The van der Waals surface area contributed by atoms with E-state index in [1.165, 1.54) is 0 Å². The van der Waals surface area contributed by atoms with Crippen LogP contribution in [-0.4, -0.2) is 9.55 Å². The van der Waals surface area contributed by atoms with Crippen LogP contribution in [0.15, 0.2) is 55.0 Å². The van der Waals surface area contributed by atoms with Crippen LogP contribution in [0.5, 0.6) is 0 Å². The van der Waals surface area contributed by atoms with E-state index in [0.717, 1.165) is 22.4 Å².